The van der Waals surface area contributed by atoms with Gasteiger partial charge in [0.1, 0.15) is 0 Å². The van der Waals surface area contributed by atoms with Gasteiger partial charge in [-0.15, -0.1) is 0 Å². The summed E-state index contributed by atoms with van der Waals surface area (Å²) < 4.78 is 0. The molecule has 1 atom stereocenters. The Bertz CT molecular complexity index is 367. The molecule has 0 aromatic heterocycles. The van der Waals surface area contributed by atoms with Gasteiger partial charge >= 0.3 is 0 Å². The minimum absolute atomic E-state index is 0.155. The van der Waals surface area contributed by atoms with E-state index < -0.39 is 6.04 Å². The van der Waals surface area contributed by atoms with Crippen LogP contribution in [0.25, 0.3) is 0 Å². The Morgan fingerprint density at radius 1 is 1.41 bits per heavy atom. The van der Waals surface area contributed by atoms with Crippen molar-refractivity contribution in [1.82, 2.24) is 4.90 Å². The lowest BCUT2D eigenvalue weighted by Crippen LogP contribution is -2.35. The summed E-state index contributed by atoms with van der Waals surface area (Å²) in [5.41, 5.74) is 0.970. The number of benzene rings is 1. The van der Waals surface area contributed by atoms with Gasteiger partial charge in [-0.1, -0.05) is 37.3 Å². The van der Waals surface area contributed by atoms with Gasteiger partial charge in [-0.2, -0.15) is 0 Å². The van der Waals surface area contributed by atoms with Gasteiger partial charge in [-0.25, -0.2) is 0 Å². The number of hydrogen-bond donors (Lipinski definition) is 0. The summed E-state index contributed by atoms with van der Waals surface area (Å²) in [5, 5.41) is 10.7. The van der Waals surface area contributed by atoms with Gasteiger partial charge in [0.15, 0.2) is 0 Å². The molecule has 0 heterocycles. The van der Waals surface area contributed by atoms with Gasteiger partial charge < -0.3 is 4.90 Å². The molecule has 0 aliphatic heterocycles. The monoisotopic (exact) mass is 236 g/mol. The van der Waals surface area contributed by atoms with Crippen molar-refractivity contribution in [3.63, 3.8) is 0 Å². The maximum atomic E-state index is 10.9. The van der Waals surface area contributed by atoms with Crippen molar-refractivity contribution in [2.45, 2.75) is 25.9 Å². The van der Waals surface area contributed by atoms with Crippen LogP contribution in [0.1, 0.15) is 18.9 Å². The first kappa shape index (κ1) is 13.2. The first-order valence-corrected chi connectivity index (χ1v) is 5.54. The van der Waals surface area contributed by atoms with Crippen molar-refractivity contribution < 1.29 is 9.72 Å². The van der Waals surface area contributed by atoms with Gasteiger partial charge in [-0.3, -0.25) is 14.9 Å². The number of carbonyl (C=O) groups is 1. The second kappa shape index (κ2) is 6.62. The number of nitro groups is 1. The van der Waals surface area contributed by atoms with Gasteiger partial charge in [0.05, 0.1) is 6.54 Å². The Labute approximate surface area is 100 Å². The fraction of sp³-hybridized carbons (Fsp3) is 0.417. The zero-order valence-corrected chi connectivity index (χ0v) is 9.78. The molecule has 0 saturated heterocycles. The predicted octanol–water partition coefficient (Wildman–Crippen LogP) is 1.70. The molecule has 92 valence electrons. The topological polar surface area (TPSA) is 63.5 Å². The summed E-state index contributed by atoms with van der Waals surface area (Å²) in [6.07, 6.45) is 1.09. The molecule has 0 aliphatic rings. The fourth-order valence-electron chi connectivity index (χ4n) is 1.58. The minimum atomic E-state index is -0.691. The van der Waals surface area contributed by atoms with Gasteiger partial charge in [0, 0.05) is 17.9 Å². The average molecular weight is 236 g/mol. The van der Waals surface area contributed by atoms with E-state index in [4.69, 9.17) is 0 Å². The van der Waals surface area contributed by atoms with Crippen molar-refractivity contribution in [3.05, 3.63) is 46.0 Å². The van der Waals surface area contributed by atoms with Crippen molar-refractivity contribution in [1.29, 1.82) is 0 Å². The molecule has 0 fully saturated rings. The predicted molar refractivity (Wildman–Crippen MR) is 64.0 cm³/mol. The SMILES string of the molecule is CCC(CN(C=O)Cc1ccccc1)[N+](=O)[O-]. The molecular formula is C12H16N2O3. The molecule has 0 N–H and O–H groups in total. The van der Waals surface area contributed by atoms with Crippen LogP contribution >= 0.6 is 0 Å². The molecule has 17 heavy (non-hydrogen) atoms. The van der Waals surface area contributed by atoms with Crippen molar-refractivity contribution in [2.24, 2.45) is 0 Å². The van der Waals surface area contributed by atoms with Crippen LogP contribution in [0.5, 0.6) is 0 Å². The molecule has 0 bridgehead atoms. The van der Waals surface area contributed by atoms with Crippen LogP contribution in [0, 0.1) is 10.1 Å². The third-order valence-corrected chi connectivity index (χ3v) is 2.59. The highest BCUT2D eigenvalue weighted by molar-refractivity contribution is 5.47. The highest BCUT2D eigenvalue weighted by Gasteiger charge is 2.20. The first-order valence-electron chi connectivity index (χ1n) is 5.54. The smallest absolute Gasteiger partial charge is 0.230 e. The van der Waals surface area contributed by atoms with E-state index in [0.717, 1.165) is 5.56 Å². The molecule has 0 aliphatic carbocycles. The summed E-state index contributed by atoms with van der Waals surface area (Å²) >= 11 is 0. The zero-order chi connectivity index (χ0) is 12.7. The van der Waals surface area contributed by atoms with E-state index in [1.807, 2.05) is 30.3 Å². The zero-order valence-electron chi connectivity index (χ0n) is 9.78. The molecule has 1 aromatic carbocycles. The van der Waals surface area contributed by atoms with Crippen LogP contribution in [0.3, 0.4) is 0 Å². The average Bonchev–Trinajstić information content (AvgIpc) is 2.35. The lowest BCUT2D eigenvalue weighted by atomic mass is 10.2. The maximum Gasteiger partial charge on any atom is 0.230 e. The molecular weight excluding hydrogens is 220 g/mol. The summed E-state index contributed by atoms with van der Waals surface area (Å²) in [6, 6.07) is 8.74. The van der Waals surface area contributed by atoms with E-state index in [2.05, 4.69) is 0 Å². The van der Waals surface area contributed by atoms with E-state index in [1.165, 1.54) is 4.90 Å². The Morgan fingerprint density at radius 3 is 2.53 bits per heavy atom. The summed E-state index contributed by atoms with van der Waals surface area (Å²) in [7, 11) is 0. The van der Waals surface area contributed by atoms with Gasteiger partial charge in [-0.05, 0) is 5.56 Å². The van der Waals surface area contributed by atoms with E-state index in [1.54, 1.807) is 6.92 Å². The summed E-state index contributed by atoms with van der Waals surface area (Å²) in [4.78, 5) is 22.7. The largest absolute Gasteiger partial charge is 0.334 e. The third-order valence-electron chi connectivity index (χ3n) is 2.59. The molecule has 0 radical (unpaired) electrons. The normalized spacial score (nSPS) is 11.8. The second-order valence-corrected chi connectivity index (χ2v) is 3.87. The van der Waals surface area contributed by atoms with Gasteiger partial charge in [0.25, 0.3) is 0 Å². The molecule has 1 unspecified atom stereocenters. The molecule has 5 nitrogen and oxygen atoms in total. The number of carbonyl (C=O) groups excluding carboxylic acids is 1. The van der Waals surface area contributed by atoms with E-state index in [0.29, 0.717) is 19.4 Å². The standard InChI is InChI=1S/C12H16N2O3/c1-2-12(14(16)17)9-13(10-15)8-11-6-4-3-5-7-11/h3-7,10,12H,2,8-9H2,1H3. The highest BCUT2D eigenvalue weighted by atomic mass is 16.6. The van der Waals surface area contributed by atoms with Crippen molar-refractivity contribution >= 4 is 6.41 Å². The third kappa shape index (κ3) is 4.22. The molecule has 1 aromatic rings. The number of nitrogens with zero attached hydrogens (tertiary/aromatic N) is 2. The lowest BCUT2D eigenvalue weighted by Gasteiger charge is -2.18. The van der Waals surface area contributed by atoms with Crippen LogP contribution in [-0.2, 0) is 11.3 Å². The number of amides is 1. The molecule has 0 spiro atoms. The van der Waals surface area contributed by atoms with Crippen molar-refractivity contribution in [2.75, 3.05) is 6.54 Å². The molecule has 1 amide bonds. The Kier molecular flexibility index (Phi) is 5.13. The highest BCUT2D eigenvalue weighted by Crippen LogP contribution is 2.06. The Morgan fingerprint density at radius 2 is 2.06 bits per heavy atom. The van der Waals surface area contributed by atoms with Crippen LogP contribution in [0.15, 0.2) is 30.3 Å². The summed E-state index contributed by atoms with van der Waals surface area (Å²) in [6.45, 7) is 2.32. The molecule has 5 heteroatoms. The van der Waals surface area contributed by atoms with Crippen LogP contribution in [0.4, 0.5) is 0 Å². The number of rotatable bonds is 7. The van der Waals surface area contributed by atoms with Crippen LogP contribution in [0.2, 0.25) is 0 Å². The first-order chi connectivity index (χ1) is 8.17. The maximum absolute atomic E-state index is 10.9. The molecule has 0 saturated carbocycles. The second-order valence-electron chi connectivity index (χ2n) is 3.87. The van der Waals surface area contributed by atoms with E-state index in [-0.39, 0.29) is 11.5 Å². The molecule has 1 rings (SSSR count). The Balaban J connectivity index is 2.60. The number of hydrogen-bond acceptors (Lipinski definition) is 3. The summed E-state index contributed by atoms with van der Waals surface area (Å²) in [5.74, 6) is 0. The van der Waals surface area contributed by atoms with Crippen molar-refractivity contribution in [3.8, 4) is 0 Å². The fourth-order valence-corrected chi connectivity index (χ4v) is 1.58. The van der Waals surface area contributed by atoms with E-state index >= 15 is 0 Å². The minimum Gasteiger partial charge on any atom is -0.334 e. The quantitative estimate of drug-likeness (QED) is 0.411. The Hall–Kier alpha value is -1.91. The lowest BCUT2D eigenvalue weighted by molar-refractivity contribution is -0.522. The van der Waals surface area contributed by atoms with Crippen LogP contribution in [-0.4, -0.2) is 28.8 Å². The van der Waals surface area contributed by atoms with E-state index in [9.17, 15) is 14.9 Å². The van der Waals surface area contributed by atoms with Gasteiger partial charge in [0.2, 0.25) is 12.5 Å². The van der Waals surface area contributed by atoms with Crippen LogP contribution < -0.4 is 0 Å².